The van der Waals surface area contributed by atoms with Crippen molar-refractivity contribution < 1.29 is 9.53 Å². The van der Waals surface area contributed by atoms with Crippen molar-refractivity contribution in [2.75, 3.05) is 38.2 Å². The third kappa shape index (κ3) is 2.42. The molecular formula is C17H18N4O3. The molecule has 1 amide bonds. The van der Waals surface area contributed by atoms with Crippen molar-refractivity contribution in [1.82, 2.24) is 14.9 Å². The van der Waals surface area contributed by atoms with Gasteiger partial charge in [0.2, 0.25) is 0 Å². The number of amides is 1. The number of likely N-dealkylation sites (tertiary alicyclic amines) is 1. The van der Waals surface area contributed by atoms with Gasteiger partial charge in [-0.25, -0.2) is 4.98 Å². The highest BCUT2D eigenvalue weighted by Crippen LogP contribution is 2.42. The molecule has 1 spiro atoms. The monoisotopic (exact) mass is 326 g/mol. The SMILES string of the molecule is COc1ccc(N2CC3(CN(C(=O)c4c[nH]c(=O)cn4)C3)C2)cc1. The highest BCUT2D eigenvalue weighted by atomic mass is 16.5. The molecule has 1 aromatic heterocycles. The lowest BCUT2D eigenvalue weighted by Crippen LogP contribution is -2.73. The summed E-state index contributed by atoms with van der Waals surface area (Å²) in [4.78, 5) is 33.8. The van der Waals surface area contributed by atoms with Gasteiger partial charge in [-0.15, -0.1) is 0 Å². The van der Waals surface area contributed by atoms with Crippen LogP contribution in [0.4, 0.5) is 5.69 Å². The Labute approximate surface area is 138 Å². The summed E-state index contributed by atoms with van der Waals surface area (Å²) < 4.78 is 5.17. The first kappa shape index (κ1) is 14.7. The van der Waals surface area contributed by atoms with Crippen molar-refractivity contribution >= 4 is 11.6 Å². The zero-order chi connectivity index (χ0) is 16.7. The van der Waals surface area contributed by atoms with Crippen molar-refractivity contribution in [2.24, 2.45) is 5.41 Å². The molecule has 2 saturated heterocycles. The topological polar surface area (TPSA) is 78.5 Å². The van der Waals surface area contributed by atoms with Crippen LogP contribution in [0, 0.1) is 5.41 Å². The van der Waals surface area contributed by atoms with E-state index < -0.39 is 0 Å². The summed E-state index contributed by atoms with van der Waals surface area (Å²) in [6.07, 6.45) is 2.51. The van der Waals surface area contributed by atoms with Crippen LogP contribution >= 0.6 is 0 Å². The molecule has 124 valence electrons. The zero-order valence-corrected chi connectivity index (χ0v) is 13.4. The van der Waals surface area contributed by atoms with Gasteiger partial charge < -0.3 is 19.5 Å². The van der Waals surface area contributed by atoms with Gasteiger partial charge in [0.25, 0.3) is 11.5 Å². The molecule has 2 aliphatic heterocycles. The lowest BCUT2D eigenvalue weighted by Gasteiger charge is -2.60. The first-order chi connectivity index (χ1) is 11.6. The molecule has 2 aliphatic rings. The predicted molar refractivity (Wildman–Crippen MR) is 88.4 cm³/mol. The van der Waals surface area contributed by atoms with Crippen LogP contribution in [-0.2, 0) is 0 Å². The van der Waals surface area contributed by atoms with Gasteiger partial charge in [0.05, 0.1) is 13.3 Å². The van der Waals surface area contributed by atoms with Crippen molar-refractivity contribution in [3.05, 3.63) is 52.7 Å². The summed E-state index contributed by atoms with van der Waals surface area (Å²) in [7, 11) is 1.66. The second-order valence-corrected chi connectivity index (χ2v) is 6.51. The van der Waals surface area contributed by atoms with Gasteiger partial charge in [-0.1, -0.05) is 0 Å². The minimum atomic E-state index is -0.305. The Morgan fingerprint density at radius 3 is 2.50 bits per heavy atom. The fraction of sp³-hybridized carbons (Fsp3) is 0.353. The maximum Gasteiger partial charge on any atom is 0.274 e. The summed E-state index contributed by atoms with van der Waals surface area (Å²) in [5.74, 6) is 0.725. The fourth-order valence-corrected chi connectivity index (χ4v) is 3.47. The highest BCUT2D eigenvalue weighted by Gasteiger charge is 2.53. The average molecular weight is 326 g/mol. The van der Waals surface area contributed by atoms with Gasteiger partial charge in [0, 0.05) is 43.5 Å². The number of carbonyl (C=O) groups excluding carboxylic acids is 1. The Balaban J connectivity index is 1.34. The van der Waals surface area contributed by atoms with Crippen molar-refractivity contribution in [2.45, 2.75) is 0 Å². The number of anilines is 1. The van der Waals surface area contributed by atoms with E-state index in [0.29, 0.717) is 0 Å². The molecule has 1 aromatic carbocycles. The highest BCUT2D eigenvalue weighted by molar-refractivity contribution is 5.92. The van der Waals surface area contributed by atoms with Gasteiger partial charge in [-0.3, -0.25) is 9.59 Å². The number of H-pyrrole nitrogens is 1. The Morgan fingerprint density at radius 2 is 1.92 bits per heavy atom. The predicted octanol–water partition coefficient (Wildman–Crippen LogP) is 0.741. The first-order valence-electron chi connectivity index (χ1n) is 7.82. The number of aromatic amines is 1. The van der Waals surface area contributed by atoms with Crippen LogP contribution in [0.15, 0.2) is 41.5 Å². The Morgan fingerprint density at radius 1 is 1.21 bits per heavy atom. The van der Waals surface area contributed by atoms with E-state index in [1.807, 2.05) is 12.1 Å². The maximum atomic E-state index is 12.3. The molecule has 0 saturated carbocycles. The third-order valence-electron chi connectivity index (χ3n) is 4.72. The molecule has 1 N–H and O–H groups in total. The van der Waals surface area contributed by atoms with E-state index in [2.05, 4.69) is 27.0 Å². The van der Waals surface area contributed by atoms with Crippen LogP contribution in [-0.4, -0.2) is 54.1 Å². The molecule has 24 heavy (non-hydrogen) atoms. The summed E-state index contributed by atoms with van der Waals surface area (Å²) in [6.45, 7) is 3.36. The lowest BCUT2D eigenvalue weighted by molar-refractivity contribution is -0.0109. The number of ether oxygens (including phenoxy) is 1. The molecule has 2 fully saturated rings. The maximum absolute atomic E-state index is 12.3. The van der Waals surface area contributed by atoms with E-state index in [-0.39, 0.29) is 22.6 Å². The minimum Gasteiger partial charge on any atom is -0.497 e. The number of nitrogens with zero attached hydrogens (tertiary/aromatic N) is 3. The quantitative estimate of drug-likeness (QED) is 0.900. The second kappa shape index (κ2) is 5.36. The number of hydrogen-bond donors (Lipinski definition) is 1. The van der Waals surface area contributed by atoms with Crippen LogP contribution < -0.4 is 15.2 Å². The van der Waals surface area contributed by atoms with Crippen LogP contribution in [0.3, 0.4) is 0 Å². The lowest BCUT2D eigenvalue weighted by atomic mass is 9.72. The molecule has 2 aromatic rings. The number of nitrogens with one attached hydrogen (secondary N) is 1. The zero-order valence-electron chi connectivity index (χ0n) is 13.4. The average Bonchev–Trinajstić information content (AvgIpc) is 2.53. The van der Waals surface area contributed by atoms with Crippen LogP contribution in [0.25, 0.3) is 0 Å². The summed E-state index contributed by atoms with van der Waals surface area (Å²) in [5, 5.41) is 0. The van der Waals surface area contributed by atoms with E-state index >= 15 is 0 Å². The smallest absolute Gasteiger partial charge is 0.274 e. The van der Waals surface area contributed by atoms with Gasteiger partial charge in [0.1, 0.15) is 11.4 Å². The molecule has 0 bridgehead atoms. The van der Waals surface area contributed by atoms with Gasteiger partial charge >= 0.3 is 0 Å². The van der Waals surface area contributed by atoms with E-state index in [4.69, 9.17) is 4.74 Å². The molecule has 3 heterocycles. The van der Waals surface area contributed by atoms with Crippen molar-refractivity contribution in [1.29, 1.82) is 0 Å². The number of aromatic nitrogens is 2. The van der Waals surface area contributed by atoms with Crippen LogP contribution in [0.1, 0.15) is 10.5 Å². The van der Waals surface area contributed by atoms with Crippen LogP contribution in [0.5, 0.6) is 5.75 Å². The molecule has 0 radical (unpaired) electrons. The first-order valence-corrected chi connectivity index (χ1v) is 7.82. The summed E-state index contributed by atoms with van der Waals surface area (Å²) >= 11 is 0. The van der Waals surface area contributed by atoms with E-state index in [1.54, 1.807) is 12.0 Å². The Kier molecular flexibility index (Phi) is 3.30. The summed E-state index contributed by atoms with van der Waals surface area (Å²) in [6, 6.07) is 8.02. The molecule has 7 nitrogen and oxygen atoms in total. The standard InChI is InChI=1S/C17H18N4O3/c1-24-13-4-2-12(3-5-13)20-8-17(9-20)10-21(11-17)16(23)14-6-19-15(22)7-18-14/h2-7H,8-11H2,1H3,(H,19,22). The molecular weight excluding hydrogens is 308 g/mol. The van der Waals surface area contributed by atoms with Gasteiger partial charge in [-0.2, -0.15) is 0 Å². The molecule has 0 unspecified atom stereocenters. The van der Waals surface area contributed by atoms with E-state index in [1.165, 1.54) is 11.9 Å². The van der Waals surface area contributed by atoms with Crippen molar-refractivity contribution in [3.63, 3.8) is 0 Å². The number of benzene rings is 1. The normalized spacial score (nSPS) is 18.0. The Bertz CT molecular complexity index is 796. The minimum absolute atomic E-state index is 0.125. The molecule has 7 heteroatoms. The largest absolute Gasteiger partial charge is 0.497 e. The number of rotatable bonds is 3. The van der Waals surface area contributed by atoms with E-state index in [0.717, 1.165) is 38.1 Å². The van der Waals surface area contributed by atoms with Crippen molar-refractivity contribution in [3.8, 4) is 5.75 Å². The Hall–Kier alpha value is -2.83. The molecule has 0 aliphatic carbocycles. The summed E-state index contributed by atoms with van der Waals surface area (Å²) in [5.41, 5.74) is 1.35. The third-order valence-corrected chi connectivity index (χ3v) is 4.72. The molecule has 0 atom stereocenters. The second-order valence-electron chi connectivity index (χ2n) is 6.51. The number of carbonyl (C=O) groups is 1. The fourth-order valence-electron chi connectivity index (χ4n) is 3.47. The van der Waals surface area contributed by atoms with Crippen LogP contribution in [0.2, 0.25) is 0 Å². The van der Waals surface area contributed by atoms with E-state index in [9.17, 15) is 9.59 Å². The van der Waals surface area contributed by atoms with Gasteiger partial charge in [0.15, 0.2) is 0 Å². The van der Waals surface area contributed by atoms with Gasteiger partial charge in [-0.05, 0) is 24.3 Å². The number of hydrogen-bond acceptors (Lipinski definition) is 5. The molecule has 4 rings (SSSR count). The number of methoxy groups -OCH3 is 1.